The molecule has 0 saturated heterocycles. The zero-order valence-corrected chi connectivity index (χ0v) is 17.2. The molecule has 1 rings (SSSR count). The zero-order chi connectivity index (χ0) is 18.7. The lowest BCUT2D eigenvalue weighted by Crippen LogP contribution is -2.13. The van der Waals surface area contributed by atoms with Crippen molar-refractivity contribution in [2.45, 2.75) is 103 Å². The predicted molar refractivity (Wildman–Crippen MR) is 117 cm³/mol. The minimum absolute atomic E-state index is 0.677. The van der Waals surface area contributed by atoms with Crippen LogP contribution in [-0.2, 0) is 0 Å². The van der Waals surface area contributed by atoms with Crippen molar-refractivity contribution in [3.05, 3.63) is 35.9 Å². The number of aliphatic imine (C=N–C) groups is 1. The Labute approximate surface area is 162 Å². The Balaban J connectivity index is 1.81. The summed E-state index contributed by atoms with van der Waals surface area (Å²) in [5, 5.41) is 0. The van der Waals surface area contributed by atoms with Gasteiger partial charge in [0.2, 0.25) is 0 Å². The molecule has 0 unspecified atom stereocenters. The summed E-state index contributed by atoms with van der Waals surface area (Å²) in [4.78, 5) is 4.49. The van der Waals surface area contributed by atoms with Gasteiger partial charge in [-0.15, -0.1) is 0 Å². The van der Waals surface area contributed by atoms with Crippen LogP contribution in [0.2, 0.25) is 0 Å². The quantitative estimate of drug-likeness (QED) is 0.177. The van der Waals surface area contributed by atoms with Crippen LogP contribution in [0.1, 0.15) is 109 Å². The van der Waals surface area contributed by atoms with E-state index in [2.05, 4.69) is 11.9 Å². The van der Waals surface area contributed by atoms with Crippen molar-refractivity contribution in [2.75, 3.05) is 6.54 Å². The fraction of sp³-hybridized carbons (Fsp3) is 0.708. The molecule has 26 heavy (non-hydrogen) atoms. The first kappa shape index (κ1) is 22.7. The summed E-state index contributed by atoms with van der Waals surface area (Å²) in [6.45, 7) is 3.15. The van der Waals surface area contributed by atoms with E-state index in [4.69, 9.17) is 5.73 Å². The zero-order valence-electron chi connectivity index (χ0n) is 17.2. The van der Waals surface area contributed by atoms with Gasteiger partial charge in [-0.3, -0.25) is 4.99 Å². The molecular weight excluding hydrogens is 316 g/mol. The van der Waals surface area contributed by atoms with Gasteiger partial charge in [0.05, 0.1) is 0 Å². The van der Waals surface area contributed by atoms with E-state index in [1.165, 1.54) is 89.9 Å². The number of hydrogen-bond acceptors (Lipinski definition) is 1. The van der Waals surface area contributed by atoms with Crippen molar-refractivity contribution in [3.8, 4) is 0 Å². The molecule has 0 atom stereocenters. The topological polar surface area (TPSA) is 38.4 Å². The molecule has 2 N–H and O–H groups in total. The molecule has 0 aromatic heterocycles. The van der Waals surface area contributed by atoms with E-state index in [0.29, 0.717) is 5.84 Å². The molecule has 0 aliphatic heterocycles. The molecule has 0 radical (unpaired) electrons. The van der Waals surface area contributed by atoms with Gasteiger partial charge in [-0.05, 0) is 6.42 Å². The second kappa shape index (κ2) is 17.1. The molecule has 148 valence electrons. The van der Waals surface area contributed by atoms with Gasteiger partial charge in [-0.1, -0.05) is 127 Å². The highest BCUT2D eigenvalue weighted by Gasteiger charge is 1.96. The summed E-state index contributed by atoms with van der Waals surface area (Å²) in [6, 6.07) is 10.1. The van der Waals surface area contributed by atoms with Crippen LogP contribution in [0.15, 0.2) is 35.3 Å². The maximum Gasteiger partial charge on any atom is 0.125 e. The molecular formula is C24H42N2. The Morgan fingerprint density at radius 2 is 1.08 bits per heavy atom. The Hall–Kier alpha value is -1.31. The van der Waals surface area contributed by atoms with Gasteiger partial charge in [0.1, 0.15) is 5.84 Å². The maximum absolute atomic E-state index is 6.01. The number of hydrogen-bond donors (Lipinski definition) is 1. The predicted octanol–water partition coefficient (Wildman–Crippen LogP) is 7.26. The van der Waals surface area contributed by atoms with E-state index in [9.17, 15) is 0 Å². The van der Waals surface area contributed by atoms with E-state index in [1.807, 2.05) is 30.3 Å². The highest BCUT2D eigenvalue weighted by atomic mass is 14.8. The summed E-state index contributed by atoms with van der Waals surface area (Å²) < 4.78 is 0. The van der Waals surface area contributed by atoms with Crippen molar-refractivity contribution in [1.82, 2.24) is 0 Å². The molecule has 1 aromatic rings. The van der Waals surface area contributed by atoms with E-state index >= 15 is 0 Å². The van der Waals surface area contributed by atoms with E-state index in [1.54, 1.807) is 0 Å². The van der Waals surface area contributed by atoms with Crippen molar-refractivity contribution < 1.29 is 0 Å². The SMILES string of the molecule is CCCCCCCCCCCCCCCCCN=C(N)c1ccccc1. The lowest BCUT2D eigenvalue weighted by Gasteiger charge is -2.03. The number of benzene rings is 1. The lowest BCUT2D eigenvalue weighted by molar-refractivity contribution is 0.533. The summed E-state index contributed by atoms with van der Waals surface area (Å²) in [7, 11) is 0. The lowest BCUT2D eigenvalue weighted by atomic mass is 10.0. The normalized spacial score (nSPS) is 11.8. The molecule has 0 spiro atoms. The molecule has 0 aliphatic carbocycles. The van der Waals surface area contributed by atoms with Crippen LogP contribution in [0.3, 0.4) is 0 Å². The minimum atomic E-state index is 0.677. The van der Waals surface area contributed by atoms with Gasteiger partial charge >= 0.3 is 0 Å². The van der Waals surface area contributed by atoms with E-state index < -0.39 is 0 Å². The fourth-order valence-electron chi connectivity index (χ4n) is 3.38. The van der Waals surface area contributed by atoms with Gasteiger partial charge in [0.25, 0.3) is 0 Å². The van der Waals surface area contributed by atoms with Crippen LogP contribution < -0.4 is 5.73 Å². The Morgan fingerprint density at radius 3 is 1.54 bits per heavy atom. The number of rotatable bonds is 17. The van der Waals surface area contributed by atoms with Crippen molar-refractivity contribution >= 4 is 5.84 Å². The standard InChI is InChI=1S/C24H42N2/c1-2-3-4-5-6-7-8-9-10-11-12-13-14-15-19-22-26-24(25)23-20-17-16-18-21-23/h16-18,20-21H,2-15,19,22H2,1H3,(H2,25,26). The largest absolute Gasteiger partial charge is 0.384 e. The smallest absolute Gasteiger partial charge is 0.125 e. The first-order chi connectivity index (χ1) is 12.8. The molecule has 2 heteroatoms. The average molecular weight is 359 g/mol. The van der Waals surface area contributed by atoms with Gasteiger partial charge in [-0.2, -0.15) is 0 Å². The molecule has 0 heterocycles. The highest BCUT2D eigenvalue weighted by Crippen LogP contribution is 2.13. The molecule has 1 aromatic carbocycles. The summed E-state index contributed by atoms with van der Waals surface area (Å²) >= 11 is 0. The van der Waals surface area contributed by atoms with Crippen LogP contribution >= 0.6 is 0 Å². The van der Waals surface area contributed by atoms with Crippen LogP contribution in [-0.4, -0.2) is 12.4 Å². The second-order valence-electron chi connectivity index (χ2n) is 7.58. The van der Waals surface area contributed by atoms with Crippen LogP contribution in [0, 0.1) is 0 Å². The molecule has 0 aliphatic rings. The third kappa shape index (κ3) is 13.0. The van der Waals surface area contributed by atoms with Gasteiger partial charge in [-0.25, -0.2) is 0 Å². The Bertz CT molecular complexity index is 439. The van der Waals surface area contributed by atoms with Crippen molar-refractivity contribution in [2.24, 2.45) is 10.7 Å². The monoisotopic (exact) mass is 358 g/mol. The molecule has 0 fully saturated rings. The fourth-order valence-corrected chi connectivity index (χ4v) is 3.38. The second-order valence-corrected chi connectivity index (χ2v) is 7.58. The summed E-state index contributed by atoms with van der Waals surface area (Å²) in [5.74, 6) is 0.677. The van der Waals surface area contributed by atoms with Gasteiger partial charge in [0, 0.05) is 12.1 Å². The first-order valence-corrected chi connectivity index (χ1v) is 11.2. The minimum Gasteiger partial charge on any atom is -0.384 e. The van der Waals surface area contributed by atoms with Gasteiger partial charge < -0.3 is 5.73 Å². The first-order valence-electron chi connectivity index (χ1n) is 11.2. The van der Waals surface area contributed by atoms with E-state index in [0.717, 1.165) is 18.5 Å². The summed E-state index contributed by atoms with van der Waals surface area (Å²) in [5.41, 5.74) is 7.04. The van der Waals surface area contributed by atoms with E-state index in [-0.39, 0.29) is 0 Å². The highest BCUT2D eigenvalue weighted by molar-refractivity contribution is 5.97. The van der Waals surface area contributed by atoms with Crippen LogP contribution in [0.4, 0.5) is 0 Å². The van der Waals surface area contributed by atoms with Gasteiger partial charge in [0.15, 0.2) is 0 Å². The van der Waals surface area contributed by atoms with Crippen LogP contribution in [0.25, 0.3) is 0 Å². The third-order valence-electron chi connectivity index (χ3n) is 5.11. The number of amidine groups is 1. The Morgan fingerprint density at radius 1 is 0.654 bits per heavy atom. The average Bonchev–Trinajstić information content (AvgIpc) is 2.68. The molecule has 0 bridgehead atoms. The number of nitrogens with two attached hydrogens (primary N) is 1. The molecule has 0 saturated carbocycles. The Kier molecular flexibility index (Phi) is 15.0. The molecule has 0 amide bonds. The molecule has 2 nitrogen and oxygen atoms in total. The number of nitrogens with zero attached hydrogens (tertiary/aromatic N) is 1. The third-order valence-corrected chi connectivity index (χ3v) is 5.11. The van der Waals surface area contributed by atoms with Crippen molar-refractivity contribution in [3.63, 3.8) is 0 Å². The number of unbranched alkanes of at least 4 members (excludes halogenated alkanes) is 14. The maximum atomic E-state index is 6.01. The van der Waals surface area contributed by atoms with Crippen LogP contribution in [0.5, 0.6) is 0 Å². The van der Waals surface area contributed by atoms with Crippen molar-refractivity contribution in [1.29, 1.82) is 0 Å². The summed E-state index contributed by atoms with van der Waals surface area (Å²) in [6.07, 6.45) is 20.9.